The standard InChI is InChI=1S/C25H27N5O2/c31-19-22(17-20-7-3-1-4-8-20)28-25(32)23-24(27-12-11-26-23)30-15-13-29(14-16-30)18-21-9-5-2-6-10-21/h1-12,19,22H,13-18H2,(H,28,32). The van der Waals surface area contributed by atoms with Gasteiger partial charge in [-0.2, -0.15) is 0 Å². The van der Waals surface area contributed by atoms with Crippen LogP contribution in [0.2, 0.25) is 0 Å². The average molecular weight is 430 g/mol. The van der Waals surface area contributed by atoms with Gasteiger partial charge in [0.25, 0.3) is 5.91 Å². The first-order chi connectivity index (χ1) is 15.7. The van der Waals surface area contributed by atoms with E-state index in [1.54, 1.807) is 6.20 Å². The number of rotatable bonds is 8. The number of piperazine rings is 1. The molecule has 4 rings (SSSR count). The first-order valence-electron chi connectivity index (χ1n) is 10.9. The molecule has 1 atom stereocenters. The van der Waals surface area contributed by atoms with Crippen molar-refractivity contribution >= 4 is 18.0 Å². The van der Waals surface area contributed by atoms with Crippen molar-refractivity contribution in [1.82, 2.24) is 20.2 Å². The molecule has 1 saturated heterocycles. The van der Waals surface area contributed by atoms with Crippen LogP contribution in [0.3, 0.4) is 0 Å². The summed E-state index contributed by atoms with van der Waals surface area (Å²) in [6, 6.07) is 19.4. The largest absolute Gasteiger partial charge is 0.352 e. The number of nitrogens with one attached hydrogen (secondary N) is 1. The van der Waals surface area contributed by atoms with Crippen molar-refractivity contribution in [3.8, 4) is 0 Å². The van der Waals surface area contributed by atoms with Crippen LogP contribution in [0.15, 0.2) is 73.1 Å². The van der Waals surface area contributed by atoms with Gasteiger partial charge in [-0.05, 0) is 17.5 Å². The van der Waals surface area contributed by atoms with Gasteiger partial charge in [-0.25, -0.2) is 9.97 Å². The molecule has 1 aliphatic heterocycles. The van der Waals surface area contributed by atoms with Crippen LogP contribution in [0.25, 0.3) is 0 Å². The smallest absolute Gasteiger partial charge is 0.274 e. The third kappa shape index (κ3) is 5.56. The minimum Gasteiger partial charge on any atom is -0.352 e. The average Bonchev–Trinajstić information content (AvgIpc) is 2.85. The van der Waals surface area contributed by atoms with E-state index in [1.807, 2.05) is 36.4 Å². The van der Waals surface area contributed by atoms with Gasteiger partial charge in [0.1, 0.15) is 6.29 Å². The molecule has 0 radical (unpaired) electrons. The molecule has 1 aliphatic rings. The normalized spacial score (nSPS) is 15.2. The Morgan fingerprint density at radius 3 is 2.19 bits per heavy atom. The molecular weight excluding hydrogens is 402 g/mol. The molecule has 0 bridgehead atoms. The van der Waals surface area contributed by atoms with Crippen molar-refractivity contribution in [2.45, 2.75) is 19.0 Å². The Balaban J connectivity index is 1.39. The maximum atomic E-state index is 13.0. The second-order valence-electron chi connectivity index (χ2n) is 7.88. The van der Waals surface area contributed by atoms with Crippen molar-refractivity contribution in [2.75, 3.05) is 31.1 Å². The fourth-order valence-electron chi connectivity index (χ4n) is 3.92. The summed E-state index contributed by atoms with van der Waals surface area (Å²) in [6.07, 6.45) is 4.31. The van der Waals surface area contributed by atoms with E-state index in [0.717, 1.165) is 44.6 Å². The zero-order chi connectivity index (χ0) is 22.2. The fraction of sp³-hybridized carbons (Fsp3) is 0.280. The molecule has 2 heterocycles. The maximum Gasteiger partial charge on any atom is 0.274 e. The first-order valence-corrected chi connectivity index (χ1v) is 10.9. The molecule has 164 valence electrons. The molecule has 1 fully saturated rings. The number of anilines is 1. The first kappa shape index (κ1) is 21.6. The highest BCUT2D eigenvalue weighted by atomic mass is 16.2. The fourth-order valence-corrected chi connectivity index (χ4v) is 3.92. The molecule has 1 N–H and O–H groups in total. The highest BCUT2D eigenvalue weighted by molar-refractivity contribution is 5.98. The molecule has 2 aromatic carbocycles. The summed E-state index contributed by atoms with van der Waals surface area (Å²) in [5.41, 5.74) is 2.53. The molecule has 32 heavy (non-hydrogen) atoms. The number of hydrogen-bond donors (Lipinski definition) is 1. The second-order valence-corrected chi connectivity index (χ2v) is 7.88. The van der Waals surface area contributed by atoms with Crippen molar-refractivity contribution in [2.24, 2.45) is 0 Å². The molecule has 0 spiro atoms. The summed E-state index contributed by atoms with van der Waals surface area (Å²) >= 11 is 0. The number of aldehydes is 1. The molecule has 3 aromatic rings. The number of benzene rings is 2. The van der Waals surface area contributed by atoms with Crippen molar-refractivity contribution in [1.29, 1.82) is 0 Å². The Bertz CT molecular complexity index is 1020. The van der Waals surface area contributed by atoms with Crippen LogP contribution in [-0.2, 0) is 17.8 Å². The SMILES string of the molecule is O=CC(Cc1ccccc1)NC(=O)c1nccnc1N1CCN(Cc2ccccc2)CC1. The number of carbonyl (C=O) groups is 2. The van der Waals surface area contributed by atoms with E-state index >= 15 is 0 Å². The number of carbonyl (C=O) groups excluding carboxylic acids is 2. The summed E-state index contributed by atoms with van der Waals surface area (Å²) in [5, 5.41) is 2.81. The van der Waals surface area contributed by atoms with Crippen LogP contribution < -0.4 is 10.2 Å². The highest BCUT2D eigenvalue weighted by Gasteiger charge is 2.25. The Morgan fingerprint density at radius 1 is 0.906 bits per heavy atom. The zero-order valence-corrected chi connectivity index (χ0v) is 17.9. The van der Waals surface area contributed by atoms with E-state index in [4.69, 9.17) is 0 Å². The minimum absolute atomic E-state index is 0.254. The summed E-state index contributed by atoms with van der Waals surface area (Å²) in [7, 11) is 0. The molecular formula is C25H27N5O2. The van der Waals surface area contributed by atoms with E-state index in [0.29, 0.717) is 12.2 Å². The monoisotopic (exact) mass is 429 g/mol. The van der Waals surface area contributed by atoms with Gasteiger partial charge >= 0.3 is 0 Å². The minimum atomic E-state index is -0.623. The van der Waals surface area contributed by atoms with Gasteiger partial charge in [-0.1, -0.05) is 60.7 Å². The second kappa shape index (κ2) is 10.6. The molecule has 0 saturated carbocycles. The number of amides is 1. The van der Waals surface area contributed by atoms with E-state index < -0.39 is 6.04 Å². The molecule has 1 amide bonds. The Morgan fingerprint density at radius 2 is 1.53 bits per heavy atom. The van der Waals surface area contributed by atoms with Gasteiger partial charge in [-0.15, -0.1) is 0 Å². The zero-order valence-electron chi connectivity index (χ0n) is 17.9. The van der Waals surface area contributed by atoms with Gasteiger partial charge in [0.15, 0.2) is 11.5 Å². The van der Waals surface area contributed by atoms with Gasteiger partial charge in [-0.3, -0.25) is 9.69 Å². The van der Waals surface area contributed by atoms with Gasteiger partial charge in [0, 0.05) is 45.1 Å². The summed E-state index contributed by atoms with van der Waals surface area (Å²) in [5.74, 6) is 0.182. The Labute approximate surface area is 188 Å². The lowest BCUT2D eigenvalue weighted by Gasteiger charge is -2.35. The van der Waals surface area contributed by atoms with E-state index in [-0.39, 0.29) is 11.6 Å². The van der Waals surface area contributed by atoms with E-state index in [9.17, 15) is 9.59 Å². The maximum absolute atomic E-state index is 13.0. The summed E-state index contributed by atoms with van der Waals surface area (Å²) < 4.78 is 0. The van der Waals surface area contributed by atoms with Crippen LogP contribution in [-0.4, -0.2) is 59.3 Å². The van der Waals surface area contributed by atoms with Gasteiger partial charge in [0.05, 0.1) is 6.04 Å². The lowest BCUT2D eigenvalue weighted by atomic mass is 10.1. The van der Waals surface area contributed by atoms with Crippen LogP contribution in [0.5, 0.6) is 0 Å². The Hall–Kier alpha value is -3.58. The number of hydrogen-bond acceptors (Lipinski definition) is 6. The highest BCUT2D eigenvalue weighted by Crippen LogP contribution is 2.18. The van der Waals surface area contributed by atoms with Crippen molar-refractivity contribution < 1.29 is 9.59 Å². The molecule has 7 nitrogen and oxygen atoms in total. The van der Waals surface area contributed by atoms with Crippen molar-refractivity contribution in [3.05, 3.63) is 89.9 Å². The molecule has 7 heteroatoms. The molecule has 1 unspecified atom stereocenters. The van der Waals surface area contributed by atoms with Crippen LogP contribution in [0.4, 0.5) is 5.82 Å². The van der Waals surface area contributed by atoms with E-state index in [1.165, 1.54) is 11.8 Å². The summed E-state index contributed by atoms with van der Waals surface area (Å²) in [6.45, 7) is 4.16. The third-order valence-electron chi connectivity index (χ3n) is 5.59. The van der Waals surface area contributed by atoms with Crippen LogP contribution in [0, 0.1) is 0 Å². The topological polar surface area (TPSA) is 78.4 Å². The predicted octanol–water partition coefficient (Wildman–Crippen LogP) is 2.34. The van der Waals surface area contributed by atoms with Crippen LogP contribution in [0.1, 0.15) is 21.6 Å². The van der Waals surface area contributed by atoms with E-state index in [2.05, 4.69) is 49.4 Å². The quantitative estimate of drug-likeness (QED) is 0.554. The third-order valence-corrected chi connectivity index (χ3v) is 5.59. The molecule has 1 aromatic heterocycles. The number of aromatic nitrogens is 2. The lowest BCUT2D eigenvalue weighted by molar-refractivity contribution is -0.109. The van der Waals surface area contributed by atoms with Crippen LogP contribution >= 0.6 is 0 Å². The lowest BCUT2D eigenvalue weighted by Crippen LogP contribution is -2.47. The molecule has 0 aliphatic carbocycles. The Kier molecular flexibility index (Phi) is 7.19. The summed E-state index contributed by atoms with van der Waals surface area (Å²) in [4.78, 5) is 37.8. The van der Waals surface area contributed by atoms with Crippen molar-refractivity contribution in [3.63, 3.8) is 0 Å². The number of nitrogens with zero attached hydrogens (tertiary/aromatic N) is 4. The predicted molar refractivity (Wildman–Crippen MR) is 123 cm³/mol. The van der Waals surface area contributed by atoms with Gasteiger partial charge in [0.2, 0.25) is 0 Å². The van der Waals surface area contributed by atoms with Gasteiger partial charge < -0.3 is 15.0 Å².